The van der Waals surface area contributed by atoms with Gasteiger partial charge >= 0.3 is 0 Å². The molecule has 1 aromatic heterocycles. The summed E-state index contributed by atoms with van der Waals surface area (Å²) in [5, 5.41) is 0. The predicted octanol–water partition coefficient (Wildman–Crippen LogP) is 3.48. The number of aryl methyl sites for hydroxylation is 3. The predicted molar refractivity (Wildman–Crippen MR) is 93.4 cm³/mol. The average Bonchev–Trinajstić information content (AvgIpc) is 2.47. The van der Waals surface area contributed by atoms with Crippen LogP contribution in [0.3, 0.4) is 0 Å². The Bertz CT molecular complexity index is 789. The number of aromatic nitrogens is 1. The first kappa shape index (κ1) is 17.9. The largest absolute Gasteiger partial charge is 0.259 e. The summed E-state index contributed by atoms with van der Waals surface area (Å²) in [4.78, 5) is 4.77. The standard InChI is InChI=1S/C17H20N2O2S.ClH/c1-12-6-8-15(9-7-12)22(20,21)19-16-5-3-4-14-10-13(2)11-18-17(14)16;/h6-11,16,19H,3-5H2,1-2H3;1H. The smallest absolute Gasteiger partial charge is 0.241 e. The number of pyridine rings is 1. The molecule has 0 fully saturated rings. The number of nitrogens with one attached hydrogen (secondary N) is 1. The van der Waals surface area contributed by atoms with E-state index in [2.05, 4.69) is 15.8 Å². The molecule has 1 aromatic carbocycles. The van der Waals surface area contributed by atoms with Crippen molar-refractivity contribution in [2.45, 2.75) is 44.0 Å². The van der Waals surface area contributed by atoms with Crippen LogP contribution in [0.2, 0.25) is 0 Å². The van der Waals surface area contributed by atoms with E-state index in [1.54, 1.807) is 18.3 Å². The molecule has 0 radical (unpaired) electrons. The molecule has 1 aliphatic rings. The van der Waals surface area contributed by atoms with Gasteiger partial charge in [-0.3, -0.25) is 4.98 Å². The second kappa shape index (κ2) is 6.99. The lowest BCUT2D eigenvalue weighted by molar-refractivity contribution is 0.496. The highest BCUT2D eigenvalue weighted by molar-refractivity contribution is 7.89. The van der Waals surface area contributed by atoms with E-state index in [1.807, 2.05) is 26.0 Å². The van der Waals surface area contributed by atoms with Crippen LogP contribution in [0, 0.1) is 13.8 Å². The van der Waals surface area contributed by atoms with Crippen LogP contribution in [0.15, 0.2) is 41.4 Å². The quantitative estimate of drug-likeness (QED) is 0.920. The van der Waals surface area contributed by atoms with Crippen molar-refractivity contribution in [3.8, 4) is 0 Å². The molecule has 0 bridgehead atoms. The van der Waals surface area contributed by atoms with Crippen LogP contribution in [0.25, 0.3) is 0 Å². The Labute approximate surface area is 143 Å². The van der Waals surface area contributed by atoms with Gasteiger partial charge in [-0.1, -0.05) is 23.8 Å². The second-order valence-electron chi connectivity index (χ2n) is 5.94. The van der Waals surface area contributed by atoms with Crippen LogP contribution in [0.4, 0.5) is 0 Å². The topological polar surface area (TPSA) is 59.1 Å². The summed E-state index contributed by atoms with van der Waals surface area (Å²) in [6.07, 6.45) is 4.53. The number of nitrogens with zero attached hydrogens (tertiary/aromatic N) is 1. The van der Waals surface area contributed by atoms with Crippen molar-refractivity contribution in [2.24, 2.45) is 0 Å². The normalized spacial score (nSPS) is 17.2. The van der Waals surface area contributed by atoms with Gasteiger partial charge in [0.05, 0.1) is 16.6 Å². The van der Waals surface area contributed by atoms with Crippen molar-refractivity contribution in [3.05, 3.63) is 58.9 Å². The third-order valence-electron chi connectivity index (χ3n) is 4.04. The summed E-state index contributed by atoms with van der Waals surface area (Å²) in [5.74, 6) is 0. The van der Waals surface area contributed by atoms with E-state index in [0.29, 0.717) is 4.90 Å². The second-order valence-corrected chi connectivity index (χ2v) is 7.65. The van der Waals surface area contributed by atoms with Crippen molar-refractivity contribution in [1.82, 2.24) is 9.71 Å². The first-order valence-electron chi connectivity index (χ1n) is 7.50. The Kier molecular flexibility index (Phi) is 5.45. The molecule has 2 aromatic rings. The molecule has 1 unspecified atom stereocenters. The molecule has 1 N–H and O–H groups in total. The van der Waals surface area contributed by atoms with Crippen molar-refractivity contribution in [3.63, 3.8) is 0 Å². The van der Waals surface area contributed by atoms with Gasteiger partial charge in [-0.15, -0.1) is 12.4 Å². The van der Waals surface area contributed by atoms with Crippen LogP contribution in [-0.2, 0) is 16.4 Å². The van der Waals surface area contributed by atoms with Crippen molar-refractivity contribution in [2.75, 3.05) is 0 Å². The van der Waals surface area contributed by atoms with Gasteiger partial charge in [-0.25, -0.2) is 13.1 Å². The van der Waals surface area contributed by atoms with Crippen molar-refractivity contribution < 1.29 is 8.42 Å². The minimum atomic E-state index is -3.52. The third-order valence-corrected chi connectivity index (χ3v) is 5.52. The summed E-state index contributed by atoms with van der Waals surface area (Å²) < 4.78 is 27.9. The van der Waals surface area contributed by atoms with E-state index in [4.69, 9.17) is 0 Å². The fourth-order valence-electron chi connectivity index (χ4n) is 2.88. The van der Waals surface area contributed by atoms with E-state index in [0.717, 1.165) is 41.6 Å². The maximum absolute atomic E-state index is 12.5. The molecule has 6 heteroatoms. The van der Waals surface area contributed by atoms with Crippen LogP contribution >= 0.6 is 12.4 Å². The van der Waals surface area contributed by atoms with Crippen LogP contribution in [0.5, 0.6) is 0 Å². The molecule has 1 heterocycles. The summed E-state index contributed by atoms with van der Waals surface area (Å²) >= 11 is 0. The first-order valence-corrected chi connectivity index (χ1v) is 8.98. The van der Waals surface area contributed by atoms with Gasteiger partial charge in [-0.05, 0) is 56.4 Å². The minimum Gasteiger partial charge on any atom is -0.259 e. The fraction of sp³-hybridized carbons (Fsp3) is 0.353. The van der Waals surface area contributed by atoms with Crippen molar-refractivity contribution in [1.29, 1.82) is 0 Å². The molecule has 1 aliphatic carbocycles. The number of sulfonamides is 1. The molecule has 124 valence electrons. The molecule has 0 spiro atoms. The van der Waals surface area contributed by atoms with E-state index in [-0.39, 0.29) is 18.4 Å². The van der Waals surface area contributed by atoms with Gasteiger partial charge in [0, 0.05) is 6.20 Å². The minimum absolute atomic E-state index is 0. The first-order chi connectivity index (χ1) is 10.5. The Morgan fingerprint density at radius 3 is 2.52 bits per heavy atom. The summed E-state index contributed by atoms with van der Waals surface area (Å²) in [7, 11) is -3.52. The summed E-state index contributed by atoms with van der Waals surface area (Å²) in [5.41, 5.74) is 4.18. The maximum Gasteiger partial charge on any atom is 0.241 e. The lowest BCUT2D eigenvalue weighted by atomic mass is 9.92. The SMILES string of the molecule is Cc1ccc(S(=O)(=O)NC2CCCc3cc(C)cnc32)cc1.Cl. The number of hydrogen-bond donors (Lipinski definition) is 1. The number of fused-ring (bicyclic) bond motifs is 1. The summed E-state index contributed by atoms with van der Waals surface area (Å²) in [6, 6.07) is 8.77. The fourth-order valence-corrected chi connectivity index (χ4v) is 4.11. The van der Waals surface area contributed by atoms with Crippen molar-refractivity contribution >= 4 is 22.4 Å². The zero-order valence-electron chi connectivity index (χ0n) is 13.2. The van der Waals surface area contributed by atoms with Gasteiger partial charge < -0.3 is 0 Å². The number of benzene rings is 1. The molecule has 4 nitrogen and oxygen atoms in total. The molecule has 0 saturated heterocycles. The highest BCUT2D eigenvalue weighted by Gasteiger charge is 2.26. The maximum atomic E-state index is 12.5. The lowest BCUT2D eigenvalue weighted by Crippen LogP contribution is -2.31. The van der Waals surface area contributed by atoms with Crippen LogP contribution in [-0.4, -0.2) is 13.4 Å². The van der Waals surface area contributed by atoms with Crippen LogP contribution < -0.4 is 4.72 Å². The lowest BCUT2D eigenvalue weighted by Gasteiger charge is -2.25. The van der Waals surface area contributed by atoms with Crippen LogP contribution in [0.1, 0.15) is 41.3 Å². The monoisotopic (exact) mass is 352 g/mol. The zero-order valence-corrected chi connectivity index (χ0v) is 14.9. The average molecular weight is 353 g/mol. The van der Waals surface area contributed by atoms with Gasteiger partial charge in [0.2, 0.25) is 10.0 Å². The molecular weight excluding hydrogens is 332 g/mol. The Morgan fingerprint density at radius 1 is 1.13 bits per heavy atom. The highest BCUT2D eigenvalue weighted by atomic mass is 35.5. The number of hydrogen-bond acceptors (Lipinski definition) is 3. The molecular formula is C17H21ClN2O2S. The van der Waals surface area contributed by atoms with Gasteiger partial charge in [0.15, 0.2) is 0 Å². The molecule has 1 atom stereocenters. The van der Waals surface area contributed by atoms with E-state index < -0.39 is 10.0 Å². The van der Waals surface area contributed by atoms with E-state index >= 15 is 0 Å². The number of rotatable bonds is 3. The van der Waals surface area contributed by atoms with Gasteiger partial charge in [-0.2, -0.15) is 0 Å². The Balaban J connectivity index is 0.00000192. The molecule has 23 heavy (non-hydrogen) atoms. The summed E-state index contributed by atoms with van der Waals surface area (Å²) in [6.45, 7) is 3.95. The molecule has 0 aliphatic heterocycles. The molecule has 0 saturated carbocycles. The van der Waals surface area contributed by atoms with E-state index in [9.17, 15) is 8.42 Å². The van der Waals surface area contributed by atoms with Gasteiger partial charge in [0.1, 0.15) is 0 Å². The third kappa shape index (κ3) is 3.91. The molecule has 0 amide bonds. The van der Waals surface area contributed by atoms with Gasteiger partial charge in [0.25, 0.3) is 0 Å². The zero-order chi connectivity index (χ0) is 15.7. The Hall–Kier alpha value is -1.43. The molecule has 3 rings (SSSR count). The number of halogens is 1. The van der Waals surface area contributed by atoms with E-state index in [1.165, 1.54) is 0 Å². The Morgan fingerprint density at radius 2 is 1.83 bits per heavy atom. The highest BCUT2D eigenvalue weighted by Crippen LogP contribution is 2.29.